The zero-order valence-corrected chi connectivity index (χ0v) is 10.4. The quantitative estimate of drug-likeness (QED) is 0.772. The average Bonchev–Trinajstić information content (AvgIpc) is 2.45. The normalized spacial score (nSPS) is 24.7. The number of rotatable bonds is 3. The van der Waals surface area contributed by atoms with Crippen molar-refractivity contribution in [1.82, 2.24) is 4.90 Å². The lowest BCUT2D eigenvalue weighted by Crippen LogP contribution is -2.45. The molecule has 0 aliphatic carbocycles. The molecule has 1 rings (SSSR count). The molecule has 2 atom stereocenters. The minimum absolute atomic E-state index is 0.0667. The van der Waals surface area contributed by atoms with Crippen molar-refractivity contribution in [3.8, 4) is 0 Å². The topological polar surface area (TPSA) is 46.3 Å². The molecule has 3 heteroatoms. The van der Waals surface area contributed by atoms with E-state index in [0.717, 1.165) is 13.0 Å². The van der Waals surface area contributed by atoms with Gasteiger partial charge in [0.25, 0.3) is 0 Å². The molecule has 15 heavy (non-hydrogen) atoms. The van der Waals surface area contributed by atoms with Crippen molar-refractivity contribution < 1.29 is 4.79 Å². The third-order valence-electron chi connectivity index (χ3n) is 3.40. The van der Waals surface area contributed by atoms with Crippen molar-refractivity contribution in [3.63, 3.8) is 0 Å². The number of amides is 1. The second-order valence-electron chi connectivity index (χ2n) is 5.75. The number of hydrogen-bond acceptors (Lipinski definition) is 2. The molecule has 0 spiro atoms. The van der Waals surface area contributed by atoms with Gasteiger partial charge in [0.05, 0.1) is 0 Å². The van der Waals surface area contributed by atoms with Gasteiger partial charge in [-0.2, -0.15) is 0 Å². The Kier molecular flexibility index (Phi) is 3.77. The van der Waals surface area contributed by atoms with Crippen LogP contribution in [0.4, 0.5) is 0 Å². The van der Waals surface area contributed by atoms with Crippen molar-refractivity contribution in [1.29, 1.82) is 0 Å². The molecule has 0 bridgehead atoms. The lowest BCUT2D eigenvalue weighted by atomic mass is 9.87. The molecule has 1 aliphatic heterocycles. The maximum Gasteiger partial charge on any atom is 0.222 e. The van der Waals surface area contributed by atoms with Crippen LogP contribution in [0.3, 0.4) is 0 Å². The highest BCUT2D eigenvalue weighted by Crippen LogP contribution is 2.24. The van der Waals surface area contributed by atoms with Gasteiger partial charge in [-0.15, -0.1) is 0 Å². The Morgan fingerprint density at radius 3 is 2.53 bits per heavy atom. The molecule has 0 aromatic heterocycles. The molecule has 1 saturated heterocycles. The summed E-state index contributed by atoms with van der Waals surface area (Å²) in [5.74, 6) is 0.825. The minimum Gasteiger partial charge on any atom is -0.341 e. The van der Waals surface area contributed by atoms with Gasteiger partial charge >= 0.3 is 0 Å². The van der Waals surface area contributed by atoms with Crippen molar-refractivity contribution in [2.45, 2.75) is 46.6 Å². The number of hydrogen-bond donors (Lipinski definition) is 1. The fourth-order valence-corrected chi connectivity index (χ4v) is 1.82. The molecule has 1 fully saturated rings. The van der Waals surface area contributed by atoms with Crippen LogP contribution in [-0.4, -0.2) is 29.9 Å². The Hall–Kier alpha value is -0.570. The van der Waals surface area contributed by atoms with Crippen LogP contribution in [0.1, 0.15) is 40.5 Å². The Labute approximate surface area is 93.0 Å². The Balaban J connectivity index is 2.49. The summed E-state index contributed by atoms with van der Waals surface area (Å²) in [6, 6.07) is 0.0667. The minimum atomic E-state index is 0.0667. The zero-order chi connectivity index (χ0) is 11.6. The van der Waals surface area contributed by atoms with Gasteiger partial charge in [0, 0.05) is 25.6 Å². The van der Waals surface area contributed by atoms with Gasteiger partial charge < -0.3 is 10.6 Å². The van der Waals surface area contributed by atoms with E-state index in [0.29, 0.717) is 18.9 Å². The molecule has 3 nitrogen and oxygen atoms in total. The van der Waals surface area contributed by atoms with E-state index in [9.17, 15) is 4.79 Å². The number of carbonyl (C=O) groups excluding carboxylic acids is 1. The molecule has 2 N–H and O–H groups in total. The predicted molar refractivity (Wildman–Crippen MR) is 62.4 cm³/mol. The lowest BCUT2D eigenvalue weighted by Gasteiger charge is -2.31. The van der Waals surface area contributed by atoms with Gasteiger partial charge in [0.2, 0.25) is 5.91 Å². The molecule has 0 aromatic carbocycles. The molecule has 1 heterocycles. The van der Waals surface area contributed by atoms with Crippen LogP contribution >= 0.6 is 0 Å². The lowest BCUT2D eigenvalue weighted by molar-refractivity contribution is -0.128. The van der Waals surface area contributed by atoms with E-state index in [2.05, 4.69) is 27.7 Å². The second kappa shape index (κ2) is 4.52. The molecule has 0 aromatic rings. The fraction of sp³-hybridized carbons (Fsp3) is 0.917. The maximum absolute atomic E-state index is 11.7. The summed E-state index contributed by atoms with van der Waals surface area (Å²) in [4.78, 5) is 13.6. The van der Waals surface area contributed by atoms with Crippen LogP contribution in [-0.2, 0) is 4.79 Å². The van der Waals surface area contributed by atoms with Crippen LogP contribution in [0, 0.1) is 11.3 Å². The molecule has 0 saturated carbocycles. The number of likely N-dealkylation sites (tertiary alicyclic amines) is 1. The Bertz CT molecular complexity index is 232. The van der Waals surface area contributed by atoms with Crippen molar-refractivity contribution in [3.05, 3.63) is 0 Å². The first-order chi connectivity index (χ1) is 6.84. The standard InChI is InChI=1S/C12H24N2O/c1-5-9-6-11(15)14(7-9)8-10(13)12(2,3)4/h9-10H,5-8,13H2,1-4H3. The smallest absolute Gasteiger partial charge is 0.222 e. The molecule has 88 valence electrons. The average molecular weight is 212 g/mol. The third-order valence-corrected chi connectivity index (χ3v) is 3.40. The highest BCUT2D eigenvalue weighted by atomic mass is 16.2. The van der Waals surface area contributed by atoms with E-state index >= 15 is 0 Å². The Morgan fingerprint density at radius 1 is 1.53 bits per heavy atom. The van der Waals surface area contributed by atoms with Crippen LogP contribution in [0.15, 0.2) is 0 Å². The van der Waals surface area contributed by atoms with Crippen LogP contribution < -0.4 is 5.73 Å². The van der Waals surface area contributed by atoms with Gasteiger partial charge in [-0.05, 0) is 11.3 Å². The van der Waals surface area contributed by atoms with Crippen molar-refractivity contribution >= 4 is 5.91 Å². The number of nitrogens with zero attached hydrogens (tertiary/aromatic N) is 1. The third kappa shape index (κ3) is 3.20. The van der Waals surface area contributed by atoms with E-state index < -0.39 is 0 Å². The highest BCUT2D eigenvalue weighted by Gasteiger charge is 2.31. The largest absolute Gasteiger partial charge is 0.341 e. The first-order valence-electron chi connectivity index (χ1n) is 5.88. The van der Waals surface area contributed by atoms with Gasteiger partial charge in [-0.1, -0.05) is 34.1 Å². The van der Waals surface area contributed by atoms with Gasteiger partial charge in [0.1, 0.15) is 0 Å². The summed E-state index contributed by atoms with van der Waals surface area (Å²) in [5.41, 5.74) is 6.16. The monoisotopic (exact) mass is 212 g/mol. The molecule has 0 radical (unpaired) electrons. The van der Waals surface area contributed by atoms with E-state index in [-0.39, 0.29) is 17.4 Å². The summed E-state index contributed by atoms with van der Waals surface area (Å²) in [5, 5.41) is 0. The molecule has 1 aliphatic rings. The summed E-state index contributed by atoms with van der Waals surface area (Å²) in [6.45, 7) is 10.1. The summed E-state index contributed by atoms with van der Waals surface area (Å²) < 4.78 is 0. The first kappa shape index (κ1) is 12.5. The van der Waals surface area contributed by atoms with E-state index in [4.69, 9.17) is 5.73 Å². The molecular formula is C12H24N2O. The second-order valence-corrected chi connectivity index (χ2v) is 5.75. The van der Waals surface area contributed by atoms with Crippen LogP contribution in [0.5, 0.6) is 0 Å². The Morgan fingerprint density at radius 2 is 2.13 bits per heavy atom. The molecular weight excluding hydrogens is 188 g/mol. The summed E-state index contributed by atoms with van der Waals surface area (Å²) in [6.07, 6.45) is 1.81. The van der Waals surface area contributed by atoms with Gasteiger partial charge in [0.15, 0.2) is 0 Å². The van der Waals surface area contributed by atoms with E-state index in [1.54, 1.807) is 0 Å². The predicted octanol–water partition coefficient (Wildman–Crippen LogP) is 1.62. The molecule has 2 unspecified atom stereocenters. The highest BCUT2D eigenvalue weighted by molar-refractivity contribution is 5.78. The summed E-state index contributed by atoms with van der Waals surface area (Å²) in [7, 11) is 0. The number of carbonyl (C=O) groups is 1. The first-order valence-corrected chi connectivity index (χ1v) is 5.88. The maximum atomic E-state index is 11.7. The van der Waals surface area contributed by atoms with E-state index in [1.807, 2.05) is 4.90 Å². The molecule has 1 amide bonds. The van der Waals surface area contributed by atoms with E-state index in [1.165, 1.54) is 0 Å². The zero-order valence-electron chi connectivity index (χ0n) is 10.4. The van der Waals surface area contributed by atoms with Crippen LogP contribution in [0.25, 0.3) is 0 Å². The summed E-state index contributed by atoms with van der Waals surface area (Å²) >= 11 is 0. The van der Waals surface area contributed by atoms with Gasteiger partial charge in [-0.3, -0.25) is 4.79 Å². The fourth-order valence-electron chi connectivity index (χ4n) is 1.82. The van der Waals surface area contributed by atoms with Crippen molar-refractivity contribution in [2.24, 2.45) is 17.1 Å². The van der Waals surface area contributed by atoms with Crippen LogP contribution in [0.2, 0.25) is 0 Å². The van der Waals surface area contributed by atoms with Crippen molar-refractivity contribution in [2.75, 3.05) is 13.1 Å². The van der Waals surface area contributed by atoms with Gasteiger partial charge in [-0.25, -0.2) is 0 Å². The SMILES string of the molecule is CCC1CC(=O)N(CC(N)C(C)(C)C)C1. The number of nitrogens with two attached hydrogens (primary N) is 1.